The van der Waals surface area contributed by atoms with Crippen LogP contribution >= 0.6 is 0 Å². The molecule has 0 fully saturated rings. The standard InChI is InChI=1S/C13H19F3N2O/c1-3-8-19-12-9-10(4-5-11(12)17)18(2)7-6-13(14,15)16/h4-5,9H,3,6-8,17H2,1-2H3. The van der Waals surface area contributed by atoms with Crippen molar-refractivity contribution in [1.82, 2.24) is 0 Å². The van der Waals surface area contributed by atoms with E-state index in [1.165, 1.54) is 4.90 Å². The Kier molecular flexibility index (Phi) is 5.32. The molecule has 0 amide bonds. The SMILES string of the molecule is CCCOc1cc(N(C)CCC(F)(F)F)ccc1N. The van der Waals surface area contributed by atoms with E-state index < -0.39 is 12.6 Å². The van der Waals surface area contributed by atoms with Crippen molar-refractivity contribution in [3.8, 4) is 5.75 Å². The highest BCUT2D eigenvalue weighted by molar-refractivity contribution is 5.62. The molecule has 0 aliphatic heterocycles. The van der Waals surface area contributed by atoms with E-state index in [0.717, 1.165) is 6.42 Å². The molecule has 0 saturated heterocycles. The molecule has 6 heteroatoms. The van der Waals surface area contributed by atoms with Crippen molar-refractivity contribution >= 4 is 11.4 Å². The molecule has 108 valence electrons. The van der Waals surface area contributed by atoms with E-state index in [9.17, 15) is 13.2 Å². The molecule has 3 nitrogen and oxygen atoms in total. The largest absolute Gasteiger partial charge is 0.491 e. The van der Waals surface area contributed by atoms with Crippen molar-refractivity contribution < 1.29 is 17.9 Å². The molecule has 0 aliphatic carbocycles. The predicted molar refractivity (Wildman–Crippen MR) is 70.6 cm³/mol. The van der Waals surface area contributed by atoms with Crippen molar-refractivity contribution in [1.29, 1.82) is 0 Å². The third-order valence-corrected chi connectivity index (χ3v) is 2.63. The van der Waals surface area contributed by atoms with Crippen LogP contribution in [0, 0.1) is 0 Å². The Bertz CT molecular complexity index is 407. The maximum atomic E-state index is 12.2. The Labute approximate surface area is 111 Å². The first-order valence-electron chi connectivity index (χ1n) is 6.13. The zero-order chi connectivity index (χ0) is 14.5. The molecule has 0 saturated carbocycles. The highest BCUT2D eigenvalue weighted by Gasteiger charge is 2.27. The van der Waals surface area contributed by atoms with Crippen molar-refractivity contribution in [2.75, 3.05) is 30.8 Å². The van der Waals surface area contributed by atoms with E-state index in [0.29, 0.717) is 23.7 Å². The number of halogens is 3. The van der Waals surface area contributed by atoms with Crippen LogP contribution in [0.5, 0.6) is 5.75 Å². The Morgan fingerprint density at radius 1 is 1.32 bits per heavy atom. The summed E-state index contributed by atoms with van der Waals surface area (Å²) in [5, 5.41) is 0. The first-order valence-corrected chi connectivity index (χ1v) is 6.13. The van der Waals surface area contributed by atoms with Gasteiger partial charge in [0.2, 0.25) is 0 Å². The first-order chi connectivity index (χ1) is 8.83. The molecule has 0 spiro atoms. The average molecular weight is 276 g/mol. The van der Waals surface area contributed by atoms with Crippen LogP contribution in [0.15, 0.2) is 18.2 Å². The van der Waals surface area contributed by atoms with Crippen molar-refractivity contribution in [3.05, 3.63) is 18.2 Å². The van der Waals surface area contributed by atoms with Gasteiger partial charge in [0, 0.05) is 25.3 Å². The second-order valence-electron chi connectivity index (χ2n) is 4.36. The summed E-state index contributed by atoms with van der Waals surface area (Å²) in [5.74, 6) is 0.512. The van der Waals surface area contributed by atoms with Gasteiger partial charge in [-0.25, -0.2) is 0 Å². The van der Waals surface area contributed by atoms with Crippen LogP contribution in [0.2, 0.25) is 0 Å². The smallest absolute Gasteiger partial charge is 0.390 e. The molecular formula is C13H19F3N2O. The molecule has 0 atom stereocenters. The predicted octanol–water partition coefficient (Wildman–Crippen LogP) is 3.45. The van der Waals surface area contributed by atoms with Crippen LogP contribution in [0.25, 0.3) is 0 Å². The van der Waals surface area contributed by atoms with Gasteiger partial charge < -0.3 is 15.4 Å². The van der Waals surface area contributed by atoms with Gasteiger partial charge in [-0.3, -0.25) is 0 Å². The molecule has 1 rings (SSSR count). The molecule has 0 radical (unpaired) electrons. The lowest BCUT2D eigenvalue weighted by molar-refractivity contribution is -0.132. The number of benzene rings is 1. The molecule has 1 aromatic rings. The van der Waals surface area contributed by atoms with Crippen LogP contribution in [0.1, 0.15) is 19.8 Å². The van der Waals surface area contributed by atoms with Gasteiger partial charge in [-0.15, -0.1) is 0 Å². The highest BCUT2D eigenvalue weighted by atomic mass is 19.4. The molecule has 0 unspecified atom stereocenters. The number of hydrogen-bond acceptors (Lipinski definition) is 3. The Balaban J connectivity index is 2.71. The molecule has 0 bridgehead atoms. The number of nitrogens with two attached hydrogens (primary N) is 1. The zero-order valence-corrected chi connectivity index (χ0v) is 11.1. The molecule has 1 aromatic carbocycles. The Hall–Kier alpha value is -1.59. The van der Waals surface area contributed by atoms with E-state index in [-0.39, 0.29) is 6.54 Å². The number of alkyl halides is 3. The lowest BCUT2D eigenvalue weighted by Crippen LogP contribution is -2.24. The average Bonchev–Trinajstić information content (AvgIpc) is 2.34. The molecule has 19 heavy (non-hydrogen) atoms. The summed E-state index contributed by atoms with van der Waals surface area (Å²) in [5.41, 5.74) is 6.89. The summed E-state index contributed by atoms with van der Waals surface area (Å²) in [4.78, 5) is 1.53. The van der Waals surface area contributed by atoms with Crippen LogP contribution in [-0.2, 0) is 0 Å². The van der Waals surface area contributed by atoms with Gasteiger partial charge in [-0.2, -0.15) is 13.2 Å². The number of anilines is 2. The van der Waals surface area contributed by atoms with E-state index >= 15 is 0 Å². The fraction of sp³-hybridized carbons (Fsp3) is 0.538. The fourth-order valence-corrected chi connectivity index (χ4v) is 1.52. The minimum Gasteiger partial charge on any atom is -0.491 e. The highest BCUT2D eigenvalue weighted by Crippen LogP contribution is 2.28. The second kappa shape index (κ2) is 6.54. The monoisotopic (exact) mass is 276 g/mol. The number of ether oxygens (including phenoxy) is 1. The molecule has 2 N–H and O–H groups in total. The summed E-state index contributed by atoms with van der Waals surface area (Å²) in [6, 6.07) is 5.00. The fourth-order valence-electron chi connectivity index (χ4n) is 1.52. The zero-order valence-electron chi connectivity index (χ0n) is 11.1. The summed E-state index contributed by atoms with van der Waals surface area (Å²) in [7, 11) is 1.61. The minimum atomic E-state index is -4.15. The van der Waals surface area contributed by atoms with E-state index in [4.69, 9.17) is 10.5 Å². The third-order valence-electron chi connectivity index (χ3n) is 2.63. The molecule has 0 aliphatic rings. The van der Waals surface area contributed by atoms with Crippen LogP contribution in [-0.4, -0.2) is 26.4 Å². The van der Waals surface area contributed by atoms with E-state index in [2.05, 4.69) is 0 Å². The molecule has 0 heterocycles. The van der Waals surface area contributed by atoms with Gasteiger partial charge >= 0.3 is 6.18 Å². The van der Waals surface area contributed by atoms with Gasteiger partial charge in [0.25, 0.3) is 0 Å². The van der Waals surface area contributed by atoms with Crippen LogP contribution in [0.3, 0.4) is 0 Å². The lowest BCUT2D eigenvalue weighted by atomic mass is 10.2. The van der Waals surface area contributed by atoms with Gasteiger partial charge in [0.1, 0.15) is 5.75 Å². The second-order valence-corrected chi connectivity index (χ2v) is 4.36. The summed E-state index contributed by atoms with van der Waals surface area (Å²) in [6.07, 6.45) is -4.16. The quantitative estimate of drug-likeness (QED) is 0.809. The number of hydrogen-bond donors (Lipinski definition) is 1. The maximum absolute atomic E-state index is 12.2. The lowest BCUT2D eigenvalue weighted by Gasteiger charge is -2.21. The van der Waals surface area contributed by atoms with Crippen LogP contribution < -0.4 is 15.4 Å². The van der Waals surface area contributed by atoms with Crippen molar-refractivity contribution in [3.63, 3.8) is 0 Å². The number of nitrogen functional groups attached to an aromatic ring is 1. The maximum Gasteiger partial charge on any atom is 0.390 e. The summed E-state index contributed by atoms with van der Waals surface area (Å²) in [6.45, 7) is 2.40. The molecule has 0 aromatic heterocycles. The van der Waals surface area contributed by atoms with Crippen molar-refractivity contribution in [2.24, 2.45) is 0 Å². The summed E-state index contributed by atoms with van der Waals surface area (Å²) < 4.78 is 42.0. The van der Waals surface area contributed by atoms with Gasteiger partial charge in [-0.1, -0.05) is 6.92 Å². The minimum absolute atomic E-state index is 0.0966. The summed E-state index contributed by atoms with van der Waals surface area (Å²) >= 11 is 0. The topological polar surface area (TPSA) is 38.5 Å². The first kappa shape index (κ1) is 15.5. The third kappa shape index (κ3) is 5.28. The Morgan fingerprint density at radius 3 is 2.58 bits per heavy atom. The number of rotatable bonds is 6. The Morgan fingerprint density at radius 2 is 2.00 bits per heavy atom. The van der Waals surface area contributed by atoms with Gasteiger partial charge in [-0.05, 0) is 18.6 Å². The van der Waals surface area contributed by atoms with E-state index in [1.807, 2.05) is 6.92 Å². The number of nitrogens with zero attached hydrogens (tertiary/aromatic N) is 1. The van der Waals surface area contributed by atoms with E-state index in [1.54, 1.807) is 25.2 Å². The molecular weight excluding hydrogens is 257 g/mol. The normalized spacial score (nSPS) is 11.4. The van der Waals surface area contributed by atoms with Gasteiger partial charge in [0.15, 0.2) is 0 Å². The van der Waals surface area contributed by atoms with Gasteiger partial charge in [0.05, 0.1) is 18.7 Å². The van der Waals surface area contributed by atoms with Crippen LogP contribution in [0.4, 0.5) is 24.5 Å². The van der Waals surface area contributed by atoms with Crippen molar-refractivity contribution in [2.45, 2.75) is 25.9 Å².